The van der Waals surface area contributed by atoms with Gasteiger partial charge in [0.25, 0.3) is 0 Å². The fourth-order valence-corrected chi connectivity index (χ4v) is 2.90. The van der Waals surface area contributed by atoms with Crippen LogP contribution in [0.15, 0.2) is 19.0 Å². The van der Waals surface area contributed by atoms with Gasteiger partial charge in [0.05, 0.1) is 11.9 Å². The first-order chi connectivity index (χ1) is 9.18. The number of aromatic nitrogens is 1. The van der Waals surface area contributed by atoms with Gasteiger partial charge in [-0.1, -0.05) is 6.58 Å². The average Bonchev–Trinajstić information content (AvgIpc) is 3.11. The van der Waals surface area contributed by atoms with E-state index in [2.05, 4.69) is 28.8 Å². The van der Waals surface area contributed by atoms with Gasteiger partial charge in [-0.15, -0.1) is 0 Å². The van der Waals surface area contributed by atoms with Crippen molar-refractivity contribution in [2.75, 3.05) is 25.9 Å². The number of nitrogen functional groups attached to an aromatic ring is 1. The van der Waals surface area contributed by atoms with Crippen molar-refractivity contribution >= 4 is 11.4 Å². The van der Waals surface area contributed by atoms with Crippen LogP contribution in [0.25, 0.3) is 5.70 Å². The van der Waals surface area contributed by atoms with E-state index in [1.165, 1.54) is 24.8 Å². The van der Waals surface area contributed by atoms with E-state index in [0.29, 0.717) is 12.0 Å². The van der Waals surface area contributed by atoms with Gasteiger partial charge in [0, 0.05) is 37.1 Å². The summed E-state index contributed by atoms with van der Waals surface area (Å²) in [5.74, 6) is 0.637. The van der Waals surface area contributed by atoms with Crippen molar-refractivity contribution in [3.05, 3.63) is 30.1 Å². The maximum Gasteiger partial charge on any atom is 0.0597 e. The van der Waals surface area contributed by atoms with Crippen LogP contribution in [0.2, 0.25) is 0 Å². The lowest BCUT2D eigenvalue weighted by atomic mass is 10.0. The SMILES string of the molecule is C=C(c1c(N)cncc1C1CC1)N(C)C1CCNC1. The van der Waals surface area contributed by atoms with Gasteiger partial charge in [-0.2, -0.15) is 0 Å². The van der Waals surface area contributed by atoms with Crippen LogP contribution in [0, 0.1) is 0 Å². The van der Waals surface area contributed by atoms with Crippen molar-refractivity contribution in [2.24, 2.45) is 0 Å². The molecule has 3 rings (SSSR count). The molecule has 0 spiro atoms. The quantitative estimate of drug-likeness (QED) is 0.865. The summed E-state index contributed by atoms with van der Waals surface area (Å²) in [7, 11) is 2.12. The third-order valence-electron chi connectivity index (χ3n) is 4.32. The number of anilines is 1. The molecular weight excluding hydrogens is 236 g/mol. The summed E-state index contributed by atoms with van der Waals surface area (Å²) < 4.78 is 0. The van der Waals surface area contributed by atoms with Gasteiger partial charge in [0.15, 0.2) is 0 Å². The second-order valence-electron chi connectivity index (χ2n) is 5.67. The molecule has 1 aliphatic heterocycles. The highest BCUT2D eigenvalue weighted by Crippen LogP contribution is 2.44. The van der Waals surface area contributed by atoms with Gasteiger partial charge >= 0.3 is 0 Å². The minimum atomic E-state index is 0.520. The topological polar surface area (TPSA) is 54.2 Å². The standard InChI is InChI=1S/C15H22N4/c1-10(19(2)12-5-6-17-7-12)15-13(11-3-4-11)8-18-9-14(15)16/h8-9,11-12,17H,1,3-7,16H2,2H3. The van der Waals surface area contributed by atoms with Crippen LogP contribution in [0.4, 0.5) is 5.69 Å². The Morgan fingerprint density at radius 2 is 2.21 bits per heavy atom. The Labute approximate surface area is 114 Å². The largest absolute Gasteiger partial charge is 0.397 e. The highest BCUT2D eigenvalue weighted by Gasteiger charge is 2.30. The summed E-state index contributed by atoms with van der Waals surface area (Å²) >= 11 is 0. The Morgan fingerprint density at radius 1 is 1.42 bits per heavy atom. The summed E-state index contributed by atoms with van der Waals surface area (Å²) in [6.45, 7) is 6.41. The minimum Gasteiger partial charge on any atom is -0.397 e. The molecule has 4 nitrogen and oxygen atoms in total. The van der Waals surface area contributed by atoms with Gasteiger partial charge in [0.1, 0.15) is 0 Å². The molecule has 102 valence electrons. The van der Waals surface area contributed by atoms with Crippen molar-refractivity contribution < 1.29 is 0 Å². The lowest BCUT2D eigenvalue weighted by molar-refractivity contribution is 0.370. The van der Waals surface area contributed by atoms with Crippen molar-refractivity contribution in [3.8, 4) is 0 Å². The first kappa shape index (κ1) is 12.5. The second kappa shape index (κ2) is 4.85. The van der Waals surface area contributed by atoms with Crippen LogP contribution in [0.5, 0.6) is 0 Å². The molecule has 4 heteroatoms. The third kappa shape index (κ3) is 2.32. The predicted octanol–water partition coefficient (Wildman–Crippen LogP) is 1.81. The van der Waals surface area contributed by atoms with Gasteiger partial charge in [-0.05, 0) is 37.3 Å². The van der Waals surface area contributed by atoms with E-state index in [-0.39, 0.29) is 0 Å². The lowest BCUT2D eigenvalue weighted by Gasteiger charge is -2.29. The summed E-state index contributed by atoms with van der Waals surface area (Å²) in [5, 5.41) is 3.40. The lowest BCUT2D eigenvalue weighted by Crippen LogP contribution is -2.32. The molecule has 3 N–H and O–H groups in total. The van der Waals surface area contributed by atoms with Gasteiger partial charge in [-0.3, -0.25) is 4.98 Å². The number of pyridine rings is 1. The highest BCUT2D eigenvalue weighted by atomic mass is 15.2. The number of nitrogens with two attached hydrogens (primary N) is 1. The number of hydrogen-bond acceptors (Lipinski definition) is 4. The summed E-state index contributed by atoms with van der Waals surface area (Å²) in [4.78, 5) is 6.52. The Morgan fingerprint density at radius 3 is 2.84 bits per heavy atom. The summed E-state index contributed by atoms with van der Waals surface area (Å²) in [6, 6.07) is 0.520. The van der Waals surface area contributed by atoms with Crippen LogP contribution in [0.3, 0.4) is 0 Å². The molecule has 2 aliphatic rings. The molecule has 1 atom stereocenters. The molecule has 2 fully saturated rings. The fraction of sp³-hybridized carbons (Fsp3) is 0.533. The number of nitrogens with zero attached hydrogens (tertiary/aromatic N) is 2. The summed E-state index contributed by atoms with van der Waals surface area (Å²) in [5.41, 5.74) is 10.4. The smallest absolute Gasteiger partial charge is 0.0597 e. The van der Waals surface area contributed by atoms with Crippen LogP contribution in [-0.4, -0.2) is 36.1 Å². The van der Waals surface area contributed by atoms with E-state index in [1.54, 1.807) is 6.20 Å². The number of likely N-dealkylation sites (N-methyl/N-ethyl adjacent to an activating group) is 1. The Kier molecular flexibility index (Phi) is 3.19. The Bertz CT molecular complexity index is 487. The zero-order chi connectivity index (χ0) is 13.4. The predicted molar refractivity (Wildman–Crippen MR) is 78.7 cm³/mol. The van der Waals surface area contributed by atoms with E-state index >= 15 is 0 Å². The molecule has 1 unspecified atom stereocenters. The van der Waals surface area contributed by atoms with E-state index in [4.69, 9.17) is 5.73 Å². The van der Waals surface area contributed by atoms with Crippen molar-refractivity contribution in [3.63, 3.8) is 0 Å². The van der Waals surface area contributed by atoms with E-state index in [1.807, 2.05) is 6.20 Å². The molecule has 0 amide bonds. The fourth-order valence-electron chi connectivity index (χ4n) is 2.90. The Balaban J connectivity index is 1.90. The van der Waals surface area contributed by atoms with Crippen LogP contribution < -0.4 is 11.1 Å². The van der Waals surface area contributed by atoms with E-state index in [9.17, 15) is 0 Å². The van der Waals surface area contributed by atoms with Crippen molar-refractivity contribution in [2.45, 2.75) is 31.2 Å². The molecule has 1 aliphatic carbocycles. The molecule has 0 aromatic carbocycles. The molecule has 1 saturated heterocycles. The first-order valence-electron chi connectivity index (χ1n) is 7.04. The van der Waals surface area contributed by atoms with Gasteiger partial charge in [-0.25, -0.2) is 0 Å². The molecule has 19 heavy (non-hydrogen) atoms. The molecule has 2 heterocycles. The third-order valence-corrected chi connectivity index (χ3v) is 4.32. The van der Waals surface area contributed by atoms with E-state index < -0.39 is 0 Å². The molecule has 0 radical (unpaired) electrons. The number of nitrogens with one attached hydrogen (secondary N) is 1. The monoisotopic (exact) mass is 258 g/mol. The van der Waals surface area contributed by atoms with Crippen molar-refractivity contribution in [1.82, 2.24) is 15.2 Å². The molecule has 0 bridgehead atoms. The maximum atomic E-state index is 6.16. The number of rotatable bonds is 4. The molecule has 1 saturated carbocycles. The Hall–Kier alpha value is -1.55. The minimum absolute atomic E-state index is 0.520. The molecular formula is C15H22N4. The van der Waals surface area contributed by atoms with Crippen molar-refractivity contribution in [1.29, 1.82) is 0 Å². The first-order valence-corrected chi connectivity index (χ1v) is 7.04. The van der Waals surface area contributed by atoms with Gasteiger partial charge < -0.3 is 16.0 Å². The van der Waals surface area contributed by atoms with Gasteiger partial charge in [0.2, 0.25) is 0 Å². The molecule has 1 aromatic heterocycles. The summed E-state index contributed by atoms with van der Waals surface area (Å²) in [6.07, 6.45) is 7.38. The van der Waals surface area contributed by atoms with Crippen LogP contribution in [-0.2, 0) is 0 Å². The zero-order valence-corrected chi connectivity index (χ0v) is 11.5. The van der Waals surface area contributed by atoms with Crippen LogP contribution >= 0.6 is 0 Å². The average molecular weight is 258 g/mol. The normalized spacial score (nSPS) is 22.5. The maximum absolute atomic E-state index is 6.16. The number of hydrogen-bond donors (Lipinski definition) is 2. The molecule has 1 aromatic rings. The van der Waals surface area contributed by atoms with Crippen LogP contribution in [0.1, 0.15) is 36.3 Å². The zero-order valence-electron chi connectivity index (χ0n) is 11.5. The highest BCUT2D eigenvalue weighted by molar-refractivity contribution is 5.75. The second-order valence-corrected chi connectivity index (χ2v) is 5.67. The van der Waals surface area contributed by atoms with E-state index in [0.717, 1.165) is 30.0 Å².